The van der Waals surface area contributed by atoms with Gasteiger partial charge in [-0.3, -0.25) is 9.59 Å². The van der Waals surface area contributed by atoms with Gasteiger partial charge in [-0.25, -0.2) is 14.4 Å². The molecule has 8 nitrogen and oxygen atoms in total. The van der Waals surface area contributed by atoms with E-state index in [4.69, 9.17) is 14.7 Å². The average Bonchev–Trinajstić information content (AvgIpc) is 3.27. The zero-order chi connectivity index (χ0) is 22.0. The van der Waals surface area contributed by atoms with Crippen molar-refractivity contribution < 1.29 is 18.7 Å². The standard InChI is InChI=1S/C22H26FN5O3/c1-14(29)27-11-9-17-18(12-27)25-22(26-21(17)24-2)19-4-3-10-28(19)20(30)13-31-16-7-5-15(23)6-8-16/h5-8,19H,3-4,9-13H2,1-2H3,(H,24,25,26)/t19-/m1/s1. The number of carbonyl (C=O) groups excluding carboxylic acids is 2. The molecule has 1 aromatic carbocycles. The van der Waals surface area contributed by atoms with E-state index in [0.29, 0.717) is 37.6 Å². The molecule has 1 atom stereocenters. The minimum atomic E-state index is -0.355. The lowest BCUT2D eigenvalue weighted by atomic mass is 10.0. The van der Waals surface area contributed by atoms with Crippen LogP contribution >= 0.6 is 0 Å². The number of carbonyl (C=O) groups is 2. The smallest absolute Gasteiger partial charge is 0.261 e. The fourth-order valence-electron chi connectivity index (χ4n) is 4.17. The predicted octanol–water partition coefficient (Wildman–Crippen LogP) is 2.30. The Morgan fingerprint density at radius 3 is 2.71 bits per heavy atom. The van der Waals surface area contributed by atoms with Gasteiger partial charge in [-0.15, -0.1) is 0 Å². The molecule has 1 saturated heterocycles. The molecule has 31 heavy (non-hydrogen) atoms. The molecule has 164 valence electrons. The van der Waals surface area contributed by atoms with Crippen LogP contribution in [0.2, 0.25) is 0 Å². The summed E-state index contributed by atoms with van der Waals surface area (Å²) in [6.45, 7) is 3.12. The van der Waals surface area contributed by atoms with Crippen LogP contribution in [-0.4, -0.2) is 58.3 Å². The summed E-state index contributed by atoms with van der Waals surface area (Å²) < 4.78 is 18.6. The largest absolute Gasteiger partial charge is 0.484 e. The molecule has 9 heteroatoms. The first-order valence-electron chi connectivity index (χ1n) is 10.5. The number of hydrogen-bond donors (Lipinski definition) is 1. The molecule has 0 aliphatic carbocycles. The summed E-state index contributed by atoms with van der Waals surface area (Å²) >= 11 is 0. The number of anilines is 1. The van der Waals surface area contributed by atoms with Crippen molar-refractivity contribution in [1.82, 2.24) is 19.8 Å². The van der Waals surface area contributed by atoms with Crippen molar-refractivity contribution in [3.05, 3.63) is 47.2 Å². The first-order valence-corrected chi connectivity index (χ1v) is 10.5. The molecule has 2 aliphatic heterocycles. The Kier molecular flexibility index (Phi) is 6.01. The van der Waals surface area contributed by atoms with Crippen molar-refractivity contribution in [2.24, 2.45) is 0 Å². The van der Waals surface area contributed by atoms with Crippen molar-refractivity contribution in [2.45, 2.75) is 38.8 Å². The highest BCUT2D eigenvalue weighted by Crippen LogP contribution is 2.33. The van der Waals surface area contributed by atoms with Crippen LogP contribution in [0, 0.1) is 5.82 Å². The summed E-state index contributed by atoms with van der Waals surface area (Å²) in [5.41, 5.74) is 1.86. The van der Waals surface area contributed by atoms with Crippen LogP contribution in [0.5, 0.6) is 5.75 Å². The zero-order valence-corrected chi connectivity index (χ0v) is 17.7. The number of nitrogens with one attached hydrogen (secondary N) is 1. The number of fused-ring (bicyclic) bond motifs is 1. The summed E-state index contributed by atoms with van der Waals surface area (Å²) in [5, 5.41) is 3.14. The fourth-order valence-corrected chi connectivity index (χ4v) is 4.17. The number of hydrogen-bond acceptors (Lipinski definition) is 6. The number of nitrogens with zero attached hydrogens (tertiary/aromatic N) is 4. The van der Waals surface area contributed by atoms with Gasteiger partial charge in [0.1, 0.15) is 17.4 Å². The van der Waals surface area contributed by atoms with Gasteiger partial charge in [-0.1, -0.05) is 0 Å². The van der Waals surface area contributed by atoms with Crippen LogP contribution in [0.15, 0.2) is 24.3 Å². The van der Waals surface area contributed by atoms with Crippen LogP contribution < -0.4 is 10.1 Å². The molecule has 0 saturated carbocycles. The van der Waals surface area contributed by atoms with Gasteiger partial charge in [-0.2, -0.15) is 0 Å². The van der Waals surface area contributed by atoms with Gasteiger partial charge in [0.2, 0.25) is 5.91 Å². The van der Waals surface area contributed by atoms with E-state index in [9.17, 15) is 14.0 Å². The number of benzene rings is 1. The van der Waals surface area contributed by atoms with Crippen LogP contribution in [0.25, 0.3) is 0 Å². The summed E-state index contributed by atoms with van der Waals surface area (Å²) in [7, 11) is 1.82. The van der Waals surface area contributed by atoms with Gasteiger partial charge < -0.3 is 19.9 Å². The van der Waals surface area contributed by atoms with Crippen LogP contribution in [0.3, 0.4) is 0 Å². The number of halogens is 1. The van der Waals surface area contributed by atoms with Gasteiger partial charge in [0.25, 0.3) is 5.91 Å². The molecule has 0 spiro atoms. The van der Waals surface area contributed by atoms with Crippen molar-refractivity contribution >= 4 is 17.6 Å². The lowest BCUT2D eigenvalue weighted by Crippen LogP contribution is -2.37. The maximum atomic E-state index is 13.0. The first kappa shape index (κ1) is 21.0. The molecule has 1 N–H and O–H groups in total. The van der Waals surface area contributed by atoms with Crippen LogP contribution in [0.1, 0.15) is 42.9 Å². The second-order valence-electron chi connectivity index (χ2n) is 7.78. The molecule has 1 fully saturated rings. The molecule has 4 rings (SSSR count). The van der Waals surface area contributed by atoms with E-state index >= 15 is 0 Å². The van der Waals surface area contributed by atoms with E-state index in [1.807, 2.05) is 7.05 Å². The number of aromatic nitrogens is 2. The maximum Gasteiger partial charge on any atom is 0.261 e. The molecule has 0 radical (unpaired) electrons. The SMILES string of the molecule is CNc1nc([C@H]2CCCN2C(=O)COc2ccc(F)cc2)nc2c1CCN(C(C)=O)C2. The number of rotatable bonds is 5. The number of likely N-dealkylation sites (tertiary alicyclic amines) is 1. The minimum absolute atomic E-state index is 0.0208. The summed E-state index contributed by atoms with van der Waals surface area (Å²) in [5.74, 6) is 1.28. The van der Waals surface area contributed by atoms with Crippen LogP contribution in [-0.2, 0) is 22.6 Å². The topological polar surface area (TPSA) is 87.7 Å². The predicted molar refractivity (Wildman–Crippen MR) is 112 cm³/mol. The Balaban J connectivity index is 1.52. The van der Waals surface area contributed by atoms with E-state index in [-0.39, 0.29) is 30.3 Å². The average molecular weight is 427 g/mol. The van der Waals surface area contributed by atoms with Crippen molar-refractivity contribution in [2.75, 3.05) is 32.1 Å². The Hall–Kier alpha value is -3.23. The third-order valence-electron chi connectivity index (χ3n) is 5.81. The quantitative estimate of drug-likeness (QED) is 0.788. The molecule has 0 bridgehead atoms. The lowest BCUT2D eigenvalue weighted by molar-refractivity contribution is -0.134. The van der Waals surface area contributed by atoms with Crippen molar-refractivity contribution in [3.63, 3.8) is 0 Å². The molecule has 0 unspecified atom stereocenters. The van der Waals surface area contributed by atoms with Gasteiger partial charge in [-0.05, 0) is 43.5 Å². The Bertz CT molecular complexity index is 982. The third kappa shape index (κ3) is 4.45. The normalized spacial score (nSPS) is 18.0. The highest BCUT2D eigenvalue weighted by Gasteiger charge is 2.34. The first-order chi connectivity index (χ1) is 15.0. The van der Waals surface area contributed by atoms with Crippen molar-refractivity contribution in [3.8, 4) is 5.75 Å². The highest BCUT2D eigenvalue weighted by molar-refractivity contribution is 5.78. The van der Waals surface area contributed by atoms with Gasteiger partial charge in [0.15, 0.2) is 12.4 Å². The third-order valence-corrected chi connectivity index (χ3v) is 5.81. The Morgan fingerprint density at radius 1 is 1.23 bits per heavy atom. The molecule has 2 aromatic rings. The molecule has 2 aliphatic rings. The Labute approximate surface area is 180 Å². The van der Waals surface area contributed by atoms with Gasteiger partial charge in [0.05, 0.1) is 18.3 Å². The monoisotopic (exact) mass is 427 g/mol. The fraction of sp³-hybridized carbons (Fsp3) is 0.455. The Morgan fingerprint density at radius 2 is 2.00 bits per heavy atom. The van der Waals surface area contributed by atoms with E-state index in [1.165, 1.54) is 24.3 Å². The molecule has 3 heterocycles. The number of amides is 2. The van der Waals surface area contributed by atoms with E-state index in [1.54, 1.807) is 16.7 Å². The second kappa shape index (κ2) is 8.87. The van der Waals surface area contributed by atoms with Crippen LogP contribution in [0.4, 0.5) is 10.2 Å². The van der Waals surface area contributed by atoms with E-state index in [0.717, 1.165) is 29.9 Å². The van der Waals surface area contributed by atoms with Crippen molar-refractivity contribution in [1.29, 1.82) is 0 Å². The zero-order valence-electron chi connectivity index (χ0n) is 17.7. The summed E-state index contributed by atoms with van der Waals surface area (Å²) in [6, 6.07) is 5.34. The van der Waals surface area contributed by atoms with Gasteiger partial charge in [0, 0.05) is 32.6 Å². The summed E-state index contributed by atoms with van der Waals surface area (Å²) in [6.07, 6.45) is 2.31. The van der Waals surface area contributed by atoms with Gasteiger partial charge >= 0.3 is 0 Å². The maximum absolute atomic E-state index is 13.0. The molecule has 1 aromatic heterocycles. The van der Waals surface area contributed by atoms with E-state index < -0.39 is 0 Å². The minimum Gasteiger partial charge on any atom is -0.484 e. The second-order valence-corrected chi connectivity index (χ2v) is 7.78. The molecular formula is C22H26FN5O3. The lowest BCUT2D eigenvalue weighted by Gasteiger charge is -2.30. The molecule has 2 amide bonds. The summed E-state index contributed by atoms with van der Waals surface area (Å²) in [4.78, 5) is 37.7. The number of ether oxygens (including phenoxy) is 1. The van der Waals surface area contributed by atoms with E-state index in [2.05, 4.69) is 5.32 Å². The highest BCUT2D eigenvalue weighted by atomic mass is 19.1. The molecular weight excluding hydrogens is 401 g/mol.